The summed E-state index contributed by atoms with van der Waals surface area (Å²) in [6.45, 7) is 6.29. The Balaban J connectivity index is 1.98. The van der Waals surface area contributed by atoms with Gasteiger partial charge in [-0.3, -0.25) is 0 Å². The summed E-state index contributed by atoms with van der Waals surface area (Å²) in [5.74, 6) is 2.46. The third-order valence-corrected chi connectivity index (χ3v) is 4.69. The lowest BCUT2D eigenvalue weighted by atomic mass is 10.1. The maximum atomic E-state index is 6.14. The summed E-state index contributed by atoms with van der Waals surface area (Å²) in [7, 11) is 0. The molecule has 0 spiro atoms. The van der Waals surface area contributed by atoms with E-state index in [9.17, 15) is 0 Å². The molecule has 2 nitrogen and oxygen atoms in total. The van der Waals surface area contributed by atoms with E-state index in [0.29, 0.717) is 11.8 Å². The third-order valence-electron chi connectivity index (χ3n) is 3.65. The molecule has 0 saturated heterocycles. The van der Waals surface area contributed by atoms with Crippen LogP contribution in [0.25, 0.3) is 11.0 Å². The van der Waals surface area contributed by atoms with Gasteiger partial charge in [0, 0.05) is 15.4 Å². The molecule has 1 aliphatic carbocycles. The van der Waals surface area contributed by atoms with Crippen LogP contribution in [-0.2, 0) is 6.54 Å². The topological polar surface area (TPSA) is 25.2 Å². The lowest BCUT2D eigenvalue weighted by molar-refractivity contribution is 0.480. The maximum Gasteiger partial charge on any atom is 0.148 e. The van der Waals surface area contributed by atoms with Crippen molar-refractivity contribution in [3.05, 3.63) is 32.4 Å². The fourth-order valence-electron chi connectivity index (χ4n) is 2.62. The fraction of sp³-hybridized carbons (Fsp3) is 0.500. The van der Waals surface area contributed by atoms with Gasteiger partial charge in [-0.2, -0.15) is 0 Å². The molecule has 0 bridgehead atoms. The predicted molar refractivity (Wildman–Crippen MR) is 90.1 cm³/mol. The molecule has 1 heterocycles. The minimum Gasteiger partial charge on any atom is -0.458 e. The van der Waals surface area contributed by atoms with Crippen molar-refractivity contribution < 1.29 is 4.42 Å². The number of fused-ring (bicyclic) bond motifs is 1. The molecule has 1 N–H and O–H groups in total. The second-order valence-electron chi connectivity index (χ2n) is 6.00. The van der Waals surface area contributed by atoms with E-state index in [4.69, 9.17) is 4.42 Å². The number of hydrogen-bond acceptors (Lipinski definition) is 2. The van der Waals surface area contributed by atoms with Crippen molar-refractivity contribution in [2.75, 3.05) is 6.54 Å². The van der Waals surface area contributed by atoms with E-state index in [2.05, 4.69) is 57.1 Å². The Labute approximate surface area is 136 Å². The zero-order valence-electron chi connectivity index (χ0n) is 11.8. The average molecular weight is 401 g/mol. The van der Waals surface area contributed by atoms with Crippen LogP contribution in [0.5, 0.6) is 0 Å². The summed E-state index contributed by atoms with van der Waals surface area (Å²) in [4.78, 5) is 0. The molecule has 20 heavy (non-hydrogen) atoms. The Morgan fingerprint density at radius 1 is 1.30 bits per heavy atom. The van der Waals surface area contributed by atoms with Gasteiger partial charge in [0.1, 0.15) is 11.3 Å². The number of benzene rings is 1. The average Bonchev–Trinajstić information content (AvgIpc) is 3.12. The second-order valence-corrected chi connectivity index (χ2v) is 7.77. The molecular formula is C16H19Br2NO. The van der Waals surface area contributed by atoms with Crippen LogP contribution in [0.15, 0.2) is 25.5 Å². The molecule has 1 aromatic heterocycles. The third kappa shape index (κ3) is 2.97. The van der Waals surface area contributed by atoms with Crippen molar-refractivity contribution in [1.82, 2.24) is 5.32 Å². The highest BCUT2D eigenvalue weighted by atomic mass is 79.9. The van der Waals surface area contributed by atoms with Crippen LogP contribution in [0.1, 0.15) is 43.9 Å². The number of furan rings is 1. The first kappa shape index (κ1) is 14.6. The molecule has 1 saturated carbocycles. The van der Waals surface area contributed by atoms with Crippen LogP contribution >= 0.6 is 31.9 Å². The summed E-state index contributed by atoms with van der Waals surface area (Å²) in [5.41, 5.74) is 2.40. The molecule has 1 aromatic carbocycles. The predicted octanol–water partition coefficient (Wildman–Crippen LogP) is 5.58. The molecule has 108 valence electrons. The normalized spacial score (nSPS) is 15.4. The Morgan fingerprint density at radius 3 is 2.70 bits per heavy atom. The monoisotopic (exact) mass is 399 g/mol. The van der Waals surface area contributed by atoms with Gasteiger partial charge in [0.05, 0.1) is 11.0 Å². The zero-order chi connectivity index (χ0) is 14.3. The van der Waals surface area contributed by atoms with Gasteiger partial charge >= 0.3 is 0 Å². The summed E-state index contributed by atoms with van der Waals surface area (Å²) >= 11 is 7.19. The first-order chi connectivity index (χ1) is 9.56. The van der Waals surface area contributed by atoms with Crippen molar-refractivity contribution in [3.8, 4) is 0 Å². The van der Waals surface area contributed by atoms with E-state index < -0.39 is 0 Å². The molecule has 3 rings (SSSR count). The van der Waals surface area contributed by atoms with Gasteiger partial charge in [-0.1, -0.05) is 29.8 Å². The van der Waals surface area contributed by atoms with Crippen molar-refractivity contribution in [1.29, 1.82) is 0 Å². The SMILES string of the molecule is CC(C)CNCc1oc2c(Br)cc(Br)cc2c1C1CC1. The molecular weight excluding hydrogens is 382 g/mol. The quantitative estimate of drug-likeness (QED) is 0.708. The van der Waals surface area contributed by atoms with Gasteiger partial charge in [-0.25, -0.2) is 0 Å². The lowest BCUT2D eigenvalue weighted by Gasteiger charge is -2.06. The van der Waals surface area contributed by atoms with E-state index in [1.165, 1.54) is 23.8 Å². The first-order valence-electron chi connectivity index (χ1n) is 7.17. The highest BCUT2D eigenvalue weighted by molar-refractivity contribution is 9.11. The van der Waals surface area contributed by atoms with E-state index in [-0.39, 0.29) is 0 Å². The van der Waals surface area contributed by atoms with Crippen LogP contribution < -0.4 is 5.32 Å². The molecule has 0 amide bonds. The number of nitrogens with one attached hydrogen (secondary N) is 1. The molecule has 1 aliphatic rings. The summed E-state index contributed by atoms with van der Waals surface area (Å²) in [6, 6.07) is 4.23. The van der Waals surface area contributed by atoms with Crippen LogP contribution in [0, 0.1) is 5.92 Å². The van der Waals surface area contributed by atoms with Crippen LogP contribution in [-0.4, -0.2) is 6.54 Å². The molecule has 4 heteroatoms. The smallest absolute Gasteiger partial charge is 0.148 e. The van der Waals surface area contributed by atoms with Gasteiger partial charge in [-0.05, 0) is 59.3 Å². The minimum absolute atomic E-state index is 0.657. The summed E-state index contributed by atoms with van der Waals surface area (Å²) in [6.07, 6.45) is 2.58. The highest BCUT2D eigenvalue weighted by Crippen LogP contribution is 2.47. The Hall–Kier alpha value is -0.320. The largest absolute Gasteiger partial charge is 0.458 e. The molecule has 2 aromatic rings. The Kier molecular flexibility index (Phi) is 4.25. The molecule has 1 fully saturated rings. The number of rotatable bonds is 5. The fourth-order valence-corrected chi connectivity index (χ4v) is 3.92. The van der Waals surface area contributed by atoms with E-state index >= 15 is 0 Å². The molecule has 0 radical (unpaired) electrons. The summed E-state index contributed by atoms with van der Waals surface area (Å²) < 4.78 is 8.26. The lowest BCUT2D eigenvalue weighted by Crippen LogP contribution is -2.19. The van der Waals surface area contributed by atoms with Crippen LogP contribution in [0.3, 0.4) is 0 Å². The number of halogens is 2. The minimum atomic E-state index is 0.657. The van der Waals surface area contributed by atoms with Crippen LogP contribution in [0.4, 0.5) is 0 Å². The Morgan fingerprint density at radius 2 is 2.05 bits per heavy atom. The van der Waals surface area contributed by atoms with Gasteiger partial charge in [0.15, 0.2) is 0 Å². The molecule has 0 aliphatic heterocycles. The zero-order valence-corrected chi connectivity index (χ0v) is 15.0. The van der Waals surface area contributed by atoms with Crippen molar-refractivity contribution >= 4 is 42.8 Å². The van der Waals surface area contributed by atoms with E-state index in [1.807, 2.05) is 6.07 Å². The maximum absolute atomic E-state index is 6.14. The molecule has 0 unspecified atom stereocenters. The van der Waals surface area contributed by atoms with Crippen LogP contribution in [0.2, 0.25) is 0 Å². The van der Waals surface area contributed by atoms with Gasteiger partial charge in [0.25, 0.3) is 0 Å². The van der Waals surface area contributed by atoms with Gasteiger partial charge in [0.2, 0.25) is 0 Å². The molecule has 0 atom stereocenters. The van der Waals surface area contributed by atoms with Crippen molar-refractivity contribution in [2.45, 2.75) is 39.2 Å². The van der Waals surface area contributed by atoms with E-state index in [1.54, 1.807) is 0 Å². The van der Waals surface area contributed by atoms with Crippen molar-refractivity contribution in [3.63, 3.8) is 0 Å². The highest BCUT2D eigenvalue weighted by Gasteiger charge is 2.31. The standard InChI is InChI=1S/C16H19Br2NO/c1-9(2)7-19-8-14-15(10-3-4-10)12-5-11(17)6-13(18)16(12)20-14/h5-6,9-10,19H,3-4,7-8H2,1-2H3. The van der Waals surface area contributed by atoms with Crippen molar-refractivity contribution in [2.24, 2.45) is 5.92 Å². The summed E-state index contributed by atoms with van der Waals surface area (Å²) in [5, 5.41) is 4.76. The Bertz CT molecular complexity index is 629. The van der Waals surface area contributed by atoms with Gasteiger partial charge < -0.3 is 9.73 Å². The van der Waals surface area contributed by atoms with Gasteiger partial charge in [-0.15, -0.1) is 0 Å². The second kappa shape index (κ2) is 5.82. The first-order valence-corrected chi connectivity index (χ1v) is 8.76. The van der Waals surface area contributed by atoms with E-state index in [0.717, 1.165) is 33.4 Å². The number of hydrogen-bond donors (Lipinski definition) is 1.